The fourth-order valence-electron chi connectivity index (χ4n) is 1.65. The maximum absolute atomic E-state index is 13.4. The number of aryl methyl sites for hydroxylation is 1. The number of alkyl halides is 1. The van der Waals surface area contributed by atoms with Crippen molar-refractivity contribution in [1.82, 2.24) is 9.55 Å². The van der Waals surface area contributed by atoms with Crippen LogP contribution in [-0.2, 0) is 6.54 Å². The van der Waals surface area contributed by atoms with Crippen LogP contribution in [0.5, 0.6) is 0 Å². The molecular weight excluding hydrogens is 327 g/mol. The Labute approximate surface area is 127 Å². The summed E-state index contributed by atoms with van der Waals surface area (Å²) in [6, 6.07) is 2.15. The number of carbonyl (C=O) groups is 1. The van der Waals surface area contributed by atoms with E-state index in [1.165, 1.54) is 6.07 Å². The summed E-state index contributed by atoms with van der Waals surface area (Å²) in [4.78, 5) is 25.8. The maximum Gasteiger partial charge on any atom is 0.286 e. The molecule has 2 rings (SSSR count). The van der Waals surface area contributed by atoms with E-state index in [4.69, 9.17) is 23.2 Å². The third kappa shape index (κ3) is 3.43. The quantitative estimate of drug-likeness (QED) is 0.902. The first-order valence-electron chi connectivity index (χ1n) is 5.73. The Morgan fingerprint density at radius 2 is 2.10 bits per heavy atom. The normalized spacial score (nSPS) is 10.7. The van der Waals surface area contributed by atoms with E-state index in [0.29, 0.717) is 0 Å². The minimum Gasteiger partial charge on any atom is -0.340 e. The van der Waals surface area contributed by atoms with Gasteiger partial charge in [0.1, 0.15) is 17.5 Å². The zero-order valence-corrected chi connectivity index (χ0v) is 11.9. The van der Waals surface area contributed by atoms with Gasteiger partial charge >= 0.3 is 0 Å². The fraction of sp³-hybridized carbons (Fsp3) is 0.167. The van der Waals surface area contributed by atoms with Gasteiger partial charge in [-0.3, -0.25) is 9.59 Å². The van der Waals surface area contributed by atoms with E-state index < -0.39 is 24.0 Å². The molecule has 0 radical (unpaired) electrons. The fourth-order valence-corrected chi connectivity index (χ4v) is 1.96. The number of aromatic amines is 1. The minimum atomic E-state index is -1.09. The zero-order chi connectivity index (χ0) is 15.6. The Kier molecular flexibility index (Phi) is 4.64. The summed E-state index contributed by atoms with van der Waals surface area (Å²) in [6.07, 6.45) is 1.15. The van der Waals surface area contributed by atoms with Gasteiger partial charge in [0.05, 0.1) is 17.3 Å². The van der Waals surface area contributed by atoms with E-state index in [0.717, 1.165) is 16.8 Å². The van der Waals surface area contributed by atoms with Gasteiger partial charge in [-0.05, 0) is 6.07 Å². The third-order valence-electron chi connectivity index (χ3n) is 2.60. The van der Waals surface area contributed by atoms with Crippen LogP contribution < -0.4 is 10.9 Å². The predicted molar refractivity (Wildman–Crippen MR) is 75.4 cm³/mol. The second-order valence-electron chi connectivity index (χ2n) is 4.06. The lowest BCUT2D eigenvalue weighted by Crippen LogP contribution is -2.25. The monoisotopic (exact) mass is 335 g/mol. The van der Waals surface area contributed by atoms with Crippen molar-refractivity contribution in [2.24, 2.45) is 0 Å². The number of aromatic nitrogens is 2. The Balaban J connectivity index is 2.27. The number of amides is 1. The van der Waals surface area contributed by atoms with Crippen LogP contribution in [0.25, 0.3) is 0 Å². The first kappa shape index (κ1) is 15.5. The van der Waals surface area contributed by atoms with Crippen LogP contribution in [0.3, 0.4) is 0 Å². The van der Waals surface area contributed by atoms with Gasteiger partial charge in [-0.2, -0.15) is 0 Å². The van der Waals surface area contributed by atoms with Crippen molar-refractivity contribution in [3.63, 3.8) is 0 Å². The molecule has 5 nitrogen and oxygen atoms in total. The molecule has 0 fully saturated rings. The van der Waals surface area contributed by atoms with Crippen molar-refractivity contribution >= 4 is 34.8 Å². The summed E-state index contributed by atoms with van der Waals surface area (Å²) >= 11 is 11.4. The maximum atomic E-state index is 13.4. The van der Waals surface area contributed by atoms with Gasteiger partial charge in [-0.25, -0.2) is 8.78 Å². The largest absolute Gasteiger partial charge is 0.340 e. The lowest BCUT2D eigenvalue weighted by Gasteiger charge is -2.08. The molecule has 9 heteroatoms. The molecule has 2 aromatic rings. The van der Waals surface area contributed by atoms with Gasteiger partial charge < -0.3 is 14.9 Å². The van der Waals surface area contributed by atoms with Gasteiger partial charge in [0, 0.05) is 12.3 Å². The van der Waals surface area contributed by atoms with Crippen molar-refractivity contribution in [2.75, 3.05) is 12.0 Å². The van der Waals surface area contributed by atoms with Gasteiger partial charge in [-0.15, -0.1) is 0 Å². The second-order valence-corrected chi connectivity index (χ2v) is 4.85. The van der Waals surface area contributed by atoms with Crippen LogP contribution >= 0.6 is 23.2 Å². The lowest BCUT2D eigenvalue weighted by molar-refractivity contribution is 0.102. The summed E-state index contributed by atoms with van der Waals surface area (Å²) in [5.74, 6) is -1.72. The van der Waals surface area contributed by atoms with E-state index in [9.17, 15) is 18.4 Å². The number of hydrogen-bond donors (Lipinski definition) is 2. The van der Waals surface area contributed by atoms with Gasteiger partial charge in [-0.1, -0.05) is 23.2 Å². The standard InChI is InChI=1S/C12H9Cl2F2N3O2/c13-7-4-9(18-10(7)14)11(20)17-6-3-8(16)12(21)19(5-6)2-1-15/h3-5,18H,1-2H2,(H,17,20). The van der Waals surface area contributed by atoms with Crippen LogP contribution in [0.4, 0.5) is 14.5 Å². The molecule has 2 aromatic heterocycles. The number of anilines is 1. The van der Waals surface area contributed by atoms with Crippen LogP contribution in [0, 0.1) is 5.82 Å². The number of rotatable bonds is 4. The molecule has 2 N–H and O–H groups in total. The molecule has 1 amide bonds. The Hall–Kier alpha value is -1.86. The highest BCUT2D eigenvalue weighted by molar-refractivity contribution is 6.41. The number of halogens is 4. The summed E-state index contributed by atoms with van der Waals surface area (Å²) in [5, 5.41) is 2.61. The SMILES string of the molecule is O=C(Nc1cc(F)c(=O)n(CCF)c1)c1cc(Cl)c(Cl)[nH]1. The number of nitrogens with one attached hydrogen (secondary N) is 2. The molecule has 2 heterocycles. The molecule has 21 heavy (non-hydrogen) atoms. The average molecular weight is 336 g/mol. The van der Waals surface area contributed by atoms with Crippen molar-refractivity contribution < 1.29 is 13.6 Å². The molecule has 0 aliphatic rings. The molecule has 112 valence electrons. The van der Waals surface area contributed by atoms with Crippen LogP contribution in [0.2, 0.25) is 10.2 Å². The molecular formula is C12H9Cl2F2N3O2. The molecule has 0 spiro atoms. The molecule has 0 saturated heterocycles. The van der Waals surface area contributed by atoms with E-state index in [1.54, 1.807) is 0 Å². The number of H-pyrrole nitrogens is 1. The highest BCUT2D eigenvalue weighted by atomic mass is 35.5. The molecule has 0 aliphatic heterocycles. The third-order valence-corrected chi connectivity index (χ3v) is 3.29. The molecule has 0 saturated carbocycles. The first-order chi connectivity index (χ1) is 9.92. The summed E-state index contributed by atoms with van der Waals surface area (Å²) in [6.45, 7) is -1.14. The average Bonchev–Trinajstić information content (AvgIpc) is 2.76. The Bertz CT molecular complexity index is 723. The highest BCUT2D eigenvalue weighted by Crippen LogP contribution is 2.22. The van der Waals surface area contributed by atoms with Crippen LogP contribution in [0.1, 0.15) is 10.5 Å². The van der Waals surface area contributed by atoms with E-state index in [2.05, 4.69) is 10.3 Å². The van der Waals surface area contributed by atoms with Gasteiger partial charge in [0.25, 0.3) is 11.5 Å². The Morgan fingerprint density at radius 3 is 2.67 bits per heavy atom. The molecule has 0 bridgehead atoms. The highest BCUT2D eigenvalue weighted by Gasteiger charge is 2.13. The zero-order valence-electron chi connectivity index (χ0n) is 10.4. The summed E-state index contributed by atoms with van der Waals surface area (Å²) in [7, 11) is 0. The van der Waals surface area contributed by atoms with Crippen molar-refractivity contribution in [3.05, 3.63) is 50.4 Å². The summed E-state index contributed by atoms with van der Waals surface area (Å²) < 4.78 is 26.6. The number of nitrogens with zero attached hydrogens (tertiary/aromatic N) is 1. The topological polar surface area (TPSA) is 66.9 Å². The predicted octanol–water partition coefficient (Wildman–Crippen LogP) is 2.84. The van der Waals surface area contributed by atoms with E-state index >= 15 is 0 Å². The number of pyridine rings is 1. The van der Waals surface area contributed by atoms with Crippen molar-refractivity contribution in [1.29, 1.82) is 0 Å². The smallest absolute Gasteiger partial charge is 0.286 e. The van der Waals surface area contributed by atoms with Gasteiger partial charge in [0.2, 0.25) is 0 Å². The number of carbonyl (C=O) groups excluding carboxylic acids is 1. The van der Waals surface area contributed by atoms with Crippen LogP contribution in [0.15, 0.2) is 23.1 Å². The Morgan fingerprint density at radius 1 is 1.38 bits per heavy atom. The van der Waals surface area contributed by atoms with E-state index in [-0.39, 0.29) is 28.1 Å². The molecule has 0 unspecified atom stereocenters. The van der Waals surface area contributed by atoms with Crippen LogP contribution in [-0.4, -0.2) is 22.1 Å². The molecule has 0 atom stereocenters. The van der Waals surface area contributed by atoms with Crippen molar-refractivity contribution in [2.45, 2.75) is 6.54 Å². The van der Waals surface area contributed by atoms with Crippen molar-refractivity contribution in [3.8, 4) is 0 Å². The second kappa shape index (κ2) is 6.28. The minimum absolute atomic E-state index is 0.00685. The number of hydrogen-bond acceptors (Lipinski definition) is 2. The first-order valence-corrected chi connectivity index (χ1v) is 6.49. The summed E-state index contributed by atoms with van der Waals surface area (Å²) in [5.41, 5.74) is -0.891. The molecule has 0 aliphatic carbocycles. The molecule has 0 aromatic carbocycles. The van der Waals surface area contributed by atoms with Gasteiger partial charge in [0.15, 0.2) is 5.82 Å². The lowest BCUT2D eigenvalue weighted by atomic mass is 10.3. The van der Waals surface area contributed by atoms with E-state index in [1.807, 2.05) is 0 Å².